The van der Waals surface area contributed by atoms with Gasteiger partial charge in [0.05, 0.1) is 5.56 Å². The zero-order chi connectivity index (χ0) is 28.6. The van der Waals surface area contributed by atoms with Gasteiger partial charge in [-0.1, -0.05) is 30.3 Å². The fourth-order valence-corrected chi connectivity index (χ4v) is 6.30. The normalized spacial score (nSPS) is 15.7. The van der Waals surface area contributed by atoms with Crippen LogP contribution in [0.2, 0.25) is 0 Å². The lowest BCUT2D eigenvalue weighted by atomic mass is 10.1. The molecule has 2 aliphatic heterocycles. The molecule has 10 heteroatoms. The number of hydrogen-bond acceptors (Lipinski definition) is 6. The first-order valence-corrected chi connectivity index (χ1v) is 14.5. The quantitative estimate of drug-likeness (QED) is 0.304. The number of nitrogens with one attached hydrogen (secondary N) is 1. The monoisotopic (exact) mass is 567 g/mol. The molecule has 0 atom stereocenters. The lowest BCUT2D eigenvalue weighted by Gasteiger charge is -2.35. The minimum Gasteiger partial charge on any atom is -0.352 e. The molecule has 0 radical (unpaired) electrons. The van der Waals surface area contributed by atoms with E-state index in [-0.39, 0.29) is 5.91 Å². The highest BCUT2D eigenvalue weighted by Gasteiger charge is 2.30. The highest BCUT2D eigenvalue weighted by Crippen LogP contribution is 2.35. The Bertz CT molecular complexity index is 1790. The number of benzene rings is 2. The van der Waals surface area contributed by atoms with E-state index in [1.165, 1.54) is 12.1 Å². The van der Waals surface area contributed by atoms with Crippen LogP contribution in [0.5, 0.6) is 0 Å². The number of anilines is 2. The number of carbonyl (C=O) groups is 1. The van der Waals surface area contributed by atoms with Gasteiger partial charge in [-0.25, -0.2) is 23.7 Å². The van der Waals surface area contributed by atoms with Crippen molar-refractivity contribution in [3.8, 4) is 0 Å². The van der Waals surface area contributed by atoms with Gasteiger partial charge in [-0.05, 0) is 54.8 Å². The maximum Gasteiger partial charge on any atom is 0.260 e. The third-order valence-corrected chi connectivity index (χ3v) is 8.47. The van der Waals surface area contributed by atoms with E-state index in [1.807, 2.05) is 30.3 Å². The minimum absolute atomic E-state index is 0.203. The molecule has 0 spiro atoms. The minimum atomic E-state index is -0.818. The van der Waals surface area contributed by atoms with E-state index in [9.17, 15) is 13.6 Å². The third-order valence-electron chi connectivity index (χ3n) is 8.47. The molecule has 0 bridgehead atoms. The summed E-state index contributed by atoms with van der Waals surface area (Å²) in [6.07, 6.45) is 6.79. The van der Waals surface area contributed by atoms with Gasteiger partial charge in [0, 0.05) is 56.5 Å². The molecule has 5 aromatic rings. The number of rotatable bonds is 6. The highest BCUT2D eigenvalue weighted by molar-refractivity contribution is 6.16. The molecular formula is C32H31F2N7O. The van der Waals surface area contributed by atoms with Crippen molar-refractivity contribution in [3.63, 3.8) is 0 Å². The van der Waals surface area contributed by atoms with Gasteiger partial charge in [-0.2, -0.15) is 0 Å². The summed E-state index contributed by atoms with van der Waals surface area (Å²) in [6.45, 7) is 4.77. The summed E-state index contributed by atoms with van der Waals surface area (Å²) in [7, 11) is 0. The van der Waals surface area contributed by atoms with Gasteiger partial charge >= 0.3 is 0 Å². The predicted molar refractivity (Wildman–Crippen MR) is 159 cm³/mol. The van der Waals surface area contributed by atoms with Crippen molar-refractivity contribution in [1.82, 2.24) is 24.4 Å². The second-order valence-electron chi connectivity index (χ2n) is 11.0. The molecule has 214 valence electrons. The van der Waals surface area contributed by atoms with Crippen molar-refractivity contribution in [2.24, 2.45) is 0 Å². The van der Waals surface area contributed by atoms with Gasteiger partial charge < -0.3 is 14.8 Å². The Morgan fingerprint density at radius 3 is 2.62 bits per heavy atom. The van der Waals surface area contributed by atoms with Crippen LogP contribution in [0.1, 0.15) is 34.5 Å². The lowest BCUT2D eigenvalue weighted by molar-refractivity contribution is 0.102. The number of fused-ring (bicyclic) bond motifs is 4. The van der Waals surface area contributed by atoms with E-state index in [0.29, 0.717) is 23.3 Å². The van der Waals surface area contributed by atoms with Crippen LogP contribution in [0.15, 0.2) is 61.1 Å². The van der Waals surface area contributed by atoms with Gasteiger partial charge in [0.2, 0.25) is 0 Å². The van der Waals surface area contributed by atoms with Crippen LogP contribution in [0, 0.1) is 11.6 Å². The van der Waals surface area contributed by atoms with Crippen molar-refractivity contribution in [1.29, 1.82) is 0 Å². The Morgan fingerprint density at radius 1 is 0.905 bits per heavy atom. The molecule has 3 aromatic heterocycles. The molecule has 1 amide bonds. The number of carbonyl (C=O) groups excluding carboxylic acids is 1. The largest absolute Gasteiger partial charge is 0.352 e. The van der Waals surface area contributed by atoms with Crippen molar-refractivity contribution in [2.75, 3.05) is 42.9 Å². The summed E-state index contributed by atoms with van der Waals surface area (Å²) in [5.74, 6) is -0.434. The van der Waals surface area contributed by atoms with E-state index in [1.54, 1.807) is 18.6 Å². The van der Waals surface area contributed by atoms with Gasteiger partial charge in [0.15, 0.2) is 17.5 Å². The standard InChI is InChI=1S/C32H31F2N7O/c33-24-9-8-21(19-25(24)34)11-14-39-15-17-40(18-16-39)31-29-28(36-20-37-31)27(26-7-3-4-13-41(26)29)32(42)38-30-23-6-2-1-5-22(23)10-12-35-30/h1-2,5-6,8-10,12,19-20H,3-4,7,11,13-18H2,(H,35,38,42). The van der Waals surface area contributed by atoms with Crippen LogP contribution < -0.4 is 10.2 Å². The van der Waals surface area contributed by atoms with Crippen molar-refractivity contribution >= 4 is 39.3 Å². The lowest BCUT2D eigenvalue weighted by Crippen LogP contribution is -2.47. The summed E-state index contributed by atoms with van der Waals surface area (Å²) < 4.78 is 29.1. The second kappa shape index (κ2) is 11.1. The fourth-order valence-electron chi connectivity index (χ4n) is 6.30. The zero-order valence-corrected chi connectivity index (χ0v) is 23.2. The molecule has 0 aliphatic carbocycles. The van der Waals surface area contributed by atoms with Crippen LogP contribution >= 0.6 is 0 Å². The molecule has 0 unspecified atom stereocenters. The average Bonchev–Trinajstić information content (AvgIpc) is 3.37. The van der Waals surface area contributed by atoms with E-state index in [2.05, 4.69) is 29.7 Å². The molecule has 0 saturated carbocycles. The number of nitrogens with zero attached hydrogens (tertiary/aromatic N) is 6. The predicted octanol–water partition coefficient (Wildman–Crippen LogP) is 5.21. The highest BCUT2D eigenvalue weighted by atomic mass is 19.2. The Kier molecular flexibility index (Phi) is 6.99. The average molecular weight is 568 g/mol. The van der Waals surface area contributed by atoms with Crippen LogP contribution in [-0.4, -0.2) is 63.0 Å². The molecule has 8 nitrogen and oxygen atoms in total. The Labute approximate surface area is 242 Å². The first-order chi connectivity index (χ1) is 20.6. The van der Waals surface area contributed by atoms with Crippen molar-refractivity contribution in [2.45, 2.75) is 32.2 Å². The molecule has 1 fully saturated rings. The number of pyridine rings is 1. The van der Waals surface area contributed by atoms with Crippen molar-refractivity contribution < 1.29 is 13.6 Å². The van der Waals surface area contributed by atoms with Crippen LogP contribution in [0.25, 0.3) is 21.8 Å². The summed E-state index contributed by atoms with van der Waals surface area (Å²) in [5, 5.41) is 4.99. The summed E-state index contributed by atoms with van der Waals surface area (Å²) >= 11 is 0. The van der Waals surface area contributed by atoms with Crippen LogP contribution in [0.3, 0.4) is 0 Å². The van der Waals surface area contributed by atoms with E-state index in [4.69, 9.17) is 4.98 Å². The first kappa shape index (κ1) is 26.5. The van der Waals surface area contributed by atoms with Gasteiger partial charge in [-0.15, -0.1) is 0 Å². The number of aryl methyl sites for hydroxylation is 1. The maximum absolute atomic E-state index is 13.9. The zero-order valence-electron chi connectivity index (χ0n) is 23.2. The van der Waals surface area contributed by atoms with E-state index < -0.39 is 11.6 Å². The van der Waals surface area contributed by atoms with Crippen molar-refractivity contribution in [3.05, 3.63) is 89.5 Å². The number of hydrogen-bond donors (Lipinski definition) is 1. The van der Waals surface area contributed by atoms with Gasteiger partial charge in [0.1, 0.15) is 23.2 Å². The van der Waals surface area contributed by atoms with Gasteiger partial charge in [0.25, 0.3) is 5.91 Å². The molecule has 1 saturated heterocycles. The summed E-state index contributed by atoms with van der Waals surface area (Å²) in [4.78, 5) is 32.3. The Morgan fingerprint density at radius 2 is 1.76 bits per heavy atom. The molecule has 42 heavy (non-hydrogen) atoms. The van der Waals surface area contributed by atoms with Crippen LogP contribution in [-0.2, 0) is 19.4 Å². The number of aromatic nitrogens is 4. The number of piperazine rings is 1. The van der Waals surface area contributed by atoms with E-state index in [0.717, 1.165) is 91.9 Å². The summed E-state index contributed by atoms with van der Waals surface area (Å²) in [5.41, 5.74) is 3.99. The topological polar surface area (TPSA) is 79.2 Å². The molecule has 2 aromatic carbocycles. The third kappa shape index (κ3) is 4.85. The molecule has 1 N–H and O–H groups in total. The molecule has 5 heterocycles. The SMILES string of the molecule is O=C(Nc1nccc2ccccc12)c1c2n(c3c(N4CCN(CCc5ccc(F)c(F)c5)CC4)ncnc13)CCCC2. The Balaban J connectivity index is 1.14. The number of halogens is 2. The van der Waals surface area contributed by atoms with Crippen LogP contribution in [0.4, 0.5) is 20.4 Å². The van der Waals surface area contributed by atoms with Gasteiger partial charge in [-0.3, -0.25) is 9.69 Å². The van der Waals surface area contributed by atoms with E-state index >= 15 is 0 Å². The molecule has 7 rings (SSSR count). The summed E-state index contributed by atoms with van der Waals surface area (Å²) in [6, 6.07) is 13.9. The fraction of sp³-hybridized carbons (Fsp3) is 0.312. The Hall–Kier alpha value is -4.44. The first-order valence-electron chi connectivity index (χ1n) is 14.5. The maximum atomic E-state index is 13.9. The second-order valence-corrected chi connectivity index (χ2v) is 11.0. The number of amides is 1. The molecule has 2 aliphatic rings. The molecular weight excluding hydrogens is 536 g/mol. The smallest absolute Gasteiger partial charge is 0.260 e.